The van der Waals surface area contributed by atoms with Gasteiger partial charge in [0.05, 0.1) is 10.7 Å². The summed E-state index contributed by atoms with van der Waals surface area (Å²) in [5.74, 6) is 0.549. The van der Waals surface area contributed by atoms with E-state index in [1.807, 2.05) is 0 Å². The Balaban J connectivity index is 1.78. The van der Waals surface area contributed by atoms with Gasteiger partial charge in [0.2, 0.25) is 0 Å². The summed E-state index contributed by atoms with van der Waals surface area (Å²) >= 11 is 1.79. The van der Waals surface area contributed by atoms with Crippen LogP contribution in [0.3, 0.4) is 0 Å². The molecule has 1 fully saturated rings. The second-order valence-electron chi connectivity index (χ2n) is 5.84. The Bertz CT molecular complexity index is 373. The summed E-state index contributed by atoms with van der Waals surface area (Å²) in [6, 6.07) is 1.42. The average molecular weight is 267 g/mol. The Hall–Kier alpha value is -0.450. The van der Waals surface area contributed by atoms with Crippen molar-refractivity contribution in [3.05, 3.63) is 16.1 Å². The molecule has 0 bridgehead atoms. The molecule has 4 heteroatoms. The molecule has 2 rings (SSSR count). The van der Waals surface area contributed by atoms with Crippen LogP contribution in [0.1, 0.15) is 49.7 Å². The highest BCUT2D eigenvalue weighted by atomic mass is 32.1. The zero-order valence-corrected chi connectivity index (χ0v) is 12.8. The van der Waals surface area contributed by atoms with Crippen LogP contribution in [-0.2, 0) is 6.54 Å². The van der Waals surface area contributed by atoms with Gasteiger partial charge in [0.1, 0.15) is 0 Å². The molecule has 0 aliphatic heterocycles. The molecule has 3 nitrogen and oxygen atoms in total. The highest BCUT2D eigenvalue weighted by Gasteiger charge is 2.25. The van der Waals surface area contributed by atoms with E-state index in [-0.39, 0.29) is 0 Å². The first-order chi connectivity index (χ1) is 8.56. The van der Waals surface area contributed by atoms with E-state index in [0.29, 0.717) is 12.0 Å². The summed E-state index contributed by atoms with van der Waals surface area (Å²) < 4.78 is 0. The number of aromatic nitrogens is 1. The van der Waals surface area contributed by atoms with Gasteiger partial charge in [-0.2, -0.15) is 0 Å². The molecule has 1 N–H and O–H groups in total. The van der Waals surface area contributed by atoms with E-state index in [4.69, 9.17) is 0 Å². The van der Waals surface area contributed by atoms with Gasteiger partial charge in [-0.25, -0.2) is 4.98 Å². The van der Waals surface area contributed by atoms with Crippen molar-refractivity contribution in [3.63, 3.8) is 0 Å². The summed E-state index contributed by atoms with van der Waals surface area (Å²) in [5, 5.41) is 7.10. The van der Waals surface area contributed by atoms with Crippen LogP contribution in [0.5, 0.6) is 0 Å². The second-order valence-corrected chi connectivity index (χ2v) is 6.73. The highest BCUT2D eigenvalue weighted by Crippen LogP contribution is 2.23. The maximum absolute atomic E-state index is 4.67. The molecule has 1 aromatic heterocycles. The summed E-state index contributed by atoms with van der Waals surface area (Å²) in [6.07, 6.45) is 3.89. The van der Waals surface area contributed by atoms with Gasteiger partial charge >= 0.3 is 0 Å². The standard InChI is InChI=1S/C14H25N3S/c1-10(2)14-16-12(9-18-14)8-15-11-5-6-13(7-11)17(3)4/h9-11,13,15H,5-8H2,1-4H3/t11-,13+/m0/s1. The first-order valence-corrected chi connectivity index (χ1v) is 7.78. The van der Waals surface area contributed by atoms with E-state index in [9.17, 15) is 0 Å². The predicted octanol–water partition coefficient (Wildman–Crippen LogP) is 2.84. The molecule has 1 aromatic rings. The molecule has 1 saturated carbocycles. The van der Waals surface area contributed by atoms with Gasteiger partial charge in [0.25, 0.3) is 0 Å². The van der Waals surface area contributed by atoms with Crippen LogP contribution in [0.2, 0.25) is 0 Å². The molecule has 0 unspecified atom stereocenters. The fraction of sp³-hybridized carbons (Fsp3) is 0.786. The van der Waals surface area contributed by atoms with Crippen LogP contribution in [0.15, 0.2) is 5.38 Å². The minimum Gasteiger partial charge on any atom is -0.308 e. The van der Waals surface area contributed by atoms with Gasteiger partial charge in [-0.3, -0.25) is 0 Å². The first-order valence-electron chi connectivity index (χ1n) is 6.90. The normalized spacial score (nSPS) is 24.3. The number of nitrogens with one attached hydrogen (secondary N) is 1. The maximum Gasteiger partial charge on any atom is 0.0954 e. The topological polar surface area (TPSA) is 28.2 Å². The molecule has 0 aromatic carbocycles. The lowest BCUT2D eigenvalue weighted by molar-refractivity contribution is 0.293. The lowest BCUT2D eigenvalue weighted by Gasteiger charge is -2.19. The lowest BCUT2D eigenvalue weighted by atomic mass is 10.2. The number of rotatable bonds is 5. The molecular formula is C14H25N3S. The smallest absolute Gasteiger partial charge is 0.0954 e. The van der Waals surface area contributed by atoms with Crippen LogP contribution < -0.4 is 5.32 Å². The average Bonchev–Trinajstić information content (AvgIpc) is 2.95. The highest BCUT2D eigenvalue weighted by molar-refractivity contribution is 7.09. The van der Waals surface area contributed by atoms with Gasteiger partial charge in [-0.15, -0.1) is 11.3 Å². The molecule has 0 radical (unpaired) electrons. The van der Waals surface area contributed by atoms with E-state index in [1.165, 1.54) is 30.0 Å². The fourth-order valence-corrected chi connectivity index (χ4v) is 3.36. The van der Waals surface area contributed by atoms with Gasteiger partial charge < -0.3 is 10.2 Å². The van der Waals surface area contributed by atoms with Crippen LogP contribution in [0, 0.1) is 0 Å². The minimum atomic E-state index is 0.549. The Morgan fingerprint density at radius 3 is 2.78 bits per heavy atom. The second kappa shape index (κ2) is 6.13. The van der Waals surface area contributed by atoms with Crippen molar-refractivity contribution in [2.45, 2.75) is 57.7 Å². The van der Waals surface area contributed by atoms with E-state index in [2.05, 4.69) is 48.5 Å². The van der Waals surface area contributed by atoms with Gasteiger partial charge in [0.15, 0.2) is 0 Å². The van der Waals surface area contributed by atoms with E-state index in [1.54, 1.807) is 11.3 Å². The van der Waals surface area contributed by atoms with E-state index in [0.717, 1.165) is 12.6 Å². The Kier molecular flexibility index (Phi) is 4.76. The van der Waals surface area contributed by atoms with Crippen LogP contribution >= 0.6 is 11.3 Å². The molecule has 1 aliphatic rings. The third-order valence-corrected chi connectivity index (χ3v) is 4.96. The molecule has 1 aliphatic carbocycles. The molecule has 102 valence electrons. The van der Waals surface area contributed by atoms with Crippen molar-refractivity contribution in [1.82, 2.24) is 15.2 Å². The van der Waals surface area contributed by atoms with Crippen molar-refractivity contribution in [3.8, 4) is 0 Å². The summed E-state index contributed by atoms with van der Waals surface area (Å²) in [4.78, 5) is 7.02. The number of hydrogen-bond donors (Lipinski definition) is 1. The molecule has 0 spiro atoms. The Morgan fingerprint density at radius 2 is 2.22 bits per heavy atom. The monoisotopic (exact) mass is 267 g/mol. The van der Waals surface area contributed by atoms with E-state index < -0.39 is 0 Å². The third-order valence-electron chi connectivity index (χ3n) is 3.77. The van der Waals surface area contributed by atoms with Crippen LogP contribution in [0.25, 0.3) is 0 Å². The molecular weight excluding hydrogens is 242 g/mol. The fourth-order valence-electron chi connectivity index (χ4n) is 2.53. The Morgan fingerprint density at radius 1 is 1.44 bits per heavy atom. The third kappa shape index (κ3) is 3.53. The van der Waals surface area contributed by atoms with Crippen molar-refractivity contribution in [2.24, 2.45) is 0 Å². The zero-order chi connectivity index (χ0) is 13.1. The van der Waals surface area contributed by atoms with Gasteiger partial charge in [-0.05, 0) is 33.4 Å². The molecule has 18 heavy (non-hydrogen) atoms. The Labute approximate surface area is 115 Å². The summed E-state index contributed by atoms with van der Waals surface area (Å²) in [5.41, 5.74) is 1.21. The van der Waals surface area contributed by atoms with Crippen molar-refractivity contribution in [2.75, 3.05) is 14.1 Å². The predicted molar refractivity (Wildman–Crippen MR) is 78.2 cm³/mol. The quantitative estimate of drug-likeness (QED) is 0.889. The molecule has 0 saturated heterocycles. The summed E-state index contributed by atoms with van der Waals surface area (Å²) in [6.45, 7) is 5.33. The molecule has 2 atom stereocenters. The van der Waals surface area contributed by atoms with Gasteiger partial charge in [0, 0.05) is 29.9 Å². The number of nitrogens with zero attached hydrogens (tertiary/aromatic N) is 2. The largest absolute Gasteiger partial charge is 0.308 e. The van der Waals surface area contributed by atoms with Gasteiger partial charge in [-0.1, -0.05) is 13.8 Å². The lowest BCUT2D eigenvalue weighted by Crippen LogP contribution is -2.30. The van der Waals surface area contributed by atoms with Crippen molar-refractivity contribution >= 4 is 11.3 Å². The zero-order valence-electron chi connectivity index (χ0n) is 11.9. The summed E-state index contributed by atoms with van der Waals surface area (Å²) in [7, 11) is 4.37. The van der Waals surface area contributed by atoms with Crippen LogP contribution in [-0.4, -0.2) is 36.1 Å². The van der Waals surface area contributed by atoms with Crippen molar-refractivity contribution < 1.29 is 0 Å². The van der Waals surface area contributed by atoms with Crippen LogP contribution in [0.4, 0.5) is 0 Å². The number of thiazole rings is 1. The SMILES string of the molecule is CC(C)c1nc(CN[C@H]2CC[C@@H](N(C)C)C2)cs1. The van der Waals surface area contributed by atoms with E-state index >= 15 is 0 Å². The molecule has 0 amide bonds. The molecule has 1 heterocycles. The first kappa shape index (κ1) is 14.0. The maximum atomic E-state index is 4.67. The number of hydrogen-bond acceptors (Lipinski definition) is 4. The van der Waals surface area contributed by atoms with Crippen molar-refractivity contribution in [1.29, 1.82) is 0 Å². The minimum absolute atomic E-state index is 0.549.